The van der Waals surface area contributed by atoms with E-state index in [1.54, 1.807) is 36.8 Å². The highest BCUT2D eigenvalue weighted by atomic mass is 16.5. The molecule has 0 aliphatic rings. The van der Waals surface area contributed by atoms with Gasteiger partial charge in [-0.05, 0) is 55.0 Å². The van der Waals surface area contributed by atoms with Crippen LogP contribution in [0.4, 0.5) is 0 Å². The molecule has 3 rings (SSSR count). The number of aromatic nitrogens is 1. The molecule has 0 saturated carbocycles. The molecule has 3 aromatic rings. The van der Waals surface area contributed by atoms with Crippen LogP contribution in [0.15, 0.2) is 78.2 Å². The second-order valence-electron chi connectivity index (χ2n) is 5.88. The lowest BCUT2D eigenvalue weighted by atomic mass is 10.1. The minimum absolute atomic E-state index is 0.289. The Kier molecular flexibility index (Phi) is 6.73. The maximum Gasteiger partial charge on any atom is 0.271 e. The van der Waals surface area contributed by atoms with Crippen molar-refractivity contribution in [2.24, 2.45) is 5.10 Å². The van der Waals surface area contributed by atoms with E-state index in [0.717, 1.165) is 22.6 Å². The van der Waals surface area contributed by atoms with E-state index in [9.17, 15) is 4.79 Å². The van der Waals surface area contributed by atoms with Crippen molar-refractivity contribution in [3.63, 3.8) is 0 Å². The van der Waals surface area contributed by atoms with Crippen LogP contribution < -0.4 is 14.9 Å². The minimum atomic E-state index is -0.289. The lowest BCUT2D eigenvalue weighted by Gasteiger charge is -2.09. The van der Waals surface area contributed by atoms with Crippen LogP contribution in [0.1, 0.15) is 28.4 Å². The molecular weight excluding hydrogens is 354 g/mol. The molecule has 0 aliphatic carbocycles. The smallest absolute Gasteiger partial charge is 0.271 e. The summed E-state index contributed by atoms with van der Waals surface area (Å²) in [6, 6.07) is 18.3. The summed E-state index contributed by atoms with van der Waals surface area (Å²) in [5.41, 5.74) is 4.72. The van der Waals surface area contributed by atoms with Gasteiger partial charge >= 0.3 is 0 Å². The zero-order chi connectivity index (χ0) is 19.6. The van der Waals surface area contributed by atoms with Crippen molar-refractivity contribution in [2.75, 3.05) is 6.61 Å². The number of pyridine rings is 1. The fourth-order valence-corrected chi connectivity index (χ4v) is 2.45. The molecule has 28 heavy (non-hydrogen) atoms. The number of hydrogen-bond donors (Lipinski definition) is 1. The third kappa shape index (κ3) is 5.67. The fraction of sp³-hybridized carbons (Fsp3) is 0.136. The molecule has 1 heterocycles. The van der Waals surface area contributed by atoms with Gasteiger partial charge < -0.3 is 9.47 Å². The van der Waals surface area contributed by atoms with E-state index in [0.29, 0.717) is 18.8 Å². The van der Waals surface area contributed by atoms with E-state index in [1.807, 2.05) is 49.4 Å². The highest BCUT2D eigenvalue weighted by molar-refractivity contribution is 5.95. The van der Waals surface area contributed by atoms with E-state index in [-0.39, 0.29) is 5.91 Å². The van der Waals surface area contributed by atoms with Crippen molar-refractivity contribution < 1.29 is 14.3 Å². The van der Waals surface area contributed by atoms with Crippen LogP contribution in [0.5, 0.6) is 11.5 Å². The molecule has 0 atom stereocenters. The van der Waals surface area contributed by atoms with Gasteiger partial charge in [0.2, 0.25) is 0 Å². The molecule has 0 radical (unpaired) electrons. The molecule has 0 spiro atoms. The number of hydrazone groups is 1. The predicted molar refractivity (Wildman–Crippen MR) is 108 cm³/mol. The number of hydrogen-bond acceptors (Lipinski definition) is 5. The second-order valence-corrected chi connectivity index (χ2v) is 5.88. The van der Waals surface area contributed by atoms with Gasteiger partial charge in [0, 0.05) is 23.5 Å². The number of rotatable bonds is 8. The molecule has 6 nitrogen and oxygen atoms in total. The summed E-state index contributed by atoms with van der Waals surface area (Å²) < 4.78 is 11.2. The van der Waals surface area contributed by atoms with Gasteiger partial charge in [-0.1, -0.05) is 18.2 Å². The number of nitrogens with one attached hydrogen (secondary N) is 1. The number of benzene rings is 2. The summed E-state index contributed by atoms with van der Waals surface area (Å²) in [6.07, 6.45) is 4.88. The average molecular weight is 375 g/mol. The summed E-state index contributed by atoms with van der Waals surface area (Å²) in [6.45, 7) is 2.92. The van der Waals surface area contributed by atoms with E-state index < -0.39 is 0 Å². The first-order chi connectivity index (χ1) is 13.7. The van der Waals surface area contributed by atoms with E-state index in [2.05, 4.69) is 15.5 Å². The summed E-state index contributed by atoms with van der Waals surface area (Å²) >= 11 is 0. The van der Waals surface area contributed by atoms with Gasteiger partial charge in [-0.3, -0.25) is 9.78 Å². The number of carbonyl (C=O) groups excluding carboxylic acids is 1. The Bertz CT molecular complexity index is 925. The minimum Gasteiger partial charge on any atom is -0.494 e. The first-order valence-electron chi connectivity index (χ1n) is 8.92. The molecule has 142 valence electrons. The molecule has 1 amide bonds. The van der Waals surface area contributed by atoms with Crippen LogP contribution in [-0.4, -0.2) is 23.7 Å². The summed E-state index contributed by atoms with van der Waals surface area (Å²) in [5, 5.41) is 3.96. The van der Waals surface area contributed by atoms with Gasteiger partial charge in [0.1, 0.15) is 18.1 Å². The van der Waals surface area contributed by atoms with Gasteiger partial charge in [-0.15, -0.1) is 0 Å². The Morgan fingerprint density at radius 2 is 1.86 bits per heavy atom. The lowest BCUT2D eigenvalue weighted by molar-refractivity contribution is 0.0955. The first-order valence-corrected chi connectivity index (χ1v) is 8.92. The molecule has 1 aromatic heterocycles. The van der Waals surface area contributed by atoms with Crippen LogP contribution in [0.25, 0.3) is 0 Å². The van der Waals surface area contributed by atoms with Gasteiger partial charge in [0.05, 0.1) is 12.8 Å². The Labute approximate surface area is 163 Å². The van der Waals surface area contributed by atoms with Crippen molar-refractivity contribution in [1.82, 2.24) is 10.4 Å². The Hall–Kier alpha value is -3.67. The summed E-state index contributed by atoms with van der Waals surface area (Å²) in [5.74, 6) is 1.25. The fourth-order valence-electron chi connectivity index (χ4n) is 2.45. The monoisotopic (exact) mass is 375 g/mol. The number of amides is 1. The highest BCUT2D eigenvalue weighted by Crippen LogP contribution is 2.19. The lowest BCUT2D eigenvalue weighted by Crippen LogP contribution is -2.17. The van der Waals surface area contributed by atoms with Crippen molar-refractivity contribution in [1.29, 1.82) is 0 Å². The summed E-state index contributed by atoms with van der Waals surface area (Å²) in [4.78, 5) is 16.3. The molecule has 0 unspecified atom stereocenters. The largest absolute Gasteiger partial charge is 0.494 e. The quantitative estimate of drug-likeness (QED) is 0.480. The Morgan fingerprint density at radius 3 is 2.57 bits per heavy atom. The predicted octanol–water partition coefficient (Wildman–Crippen LogP) is 3.82. The molecule has 0 bridgehead atoms. The molecule has 0 aliphatic heterocycles. The van der Waals surface area contributed by atoms with Crippen molar-refractivity contribution >= 4 is 12.1 Å². The first kappa shape index (κ1) is 19.1. The SMILES string of the molecule is CCOc1ccc(OCc2cccc(C(=O)NN=Cc3cccnc3)c2)cc1. The van der Waals surface area contributed by atoms with Crippen LogP contribution in [0, 0.1) is 0 Å². The van der Waals surface area contributed by atoms with E-state index in [4.69, 9.17) is 9.47 Å². The highest BCUT2D eigenvalue weighted by Gasteiger charge is 2.06. The topological polar surface area (TPSA) is 72.8 Å². The molecule has 1 N–H and O–H groups in total. The number of carbonyl (C=O) groups is 1. The molecule has 6 heteroatoms. The number of nitrogens with zero attached hydrogens (tertiary/aromatic N) is 2. The van der Waals surface area contributed by atoms with Crippen LogP contribution in [0.3, 0.4) is 0 Å². The maximum atomic E-state index is 12.3. The van der Waals surface area contributed by atoms with E-state index >= 15 is 0 Å². The second kappa shape index (κ2) is 9.87. The maximum absolute atomic E-state index is 12.3. The normalized spacial score (nSPS) is 10.6. The van der Waals surface area contributed by atoms with Crippen molar-refractivity contribution in [3.8, 4) is 11.5 Å². The molecular formula is C22H21N3O3. The van der Waals surface area contributed by atoms with Gasteiger partial charge in [-0.2, -0.15) is 5.10 Å². The zero-order valence-electron chi connectivity index (χ0n) is 15.5. The average Bonchev–Trinajstić information content (AvgIpc) is 2.74. The zero-order valence-corrected chi connectivity index (χ0v) is 15.5. The molecule has 0 fully saturated rings. The van der Waals surface area contributed by atoms with Crippen LogP contribution in [-0.2, 0) is 6.61 Å². The van der Waals surface area contributed by atoms with Gasteiger partial charge in [0.15, 0.2) is 0 Å². The van der Waals surface area contributed by atoms with Gasteiger partial charge in [-0.25, -0.2) is 5.43 Å². The van der Waals surface area contributed by atoms with Crippen LogP contribution >= 0.6 is 0 Å². The van der Waals surface area contributed by atoms with Crippen molar-refractivity contribution in [2.45, 2.75) is 13.5 Å². The third-order valence-electron chi connectivity index (χ3n) is 3.79. The van der Waals surface area contributed by atoms with E-state index in [1.165, 1.54) is 0 Å². The Morgan fingerprint density at radius 1 is 1.07 bits per heavy atom. The Balaban J connectivity index is 1.55. The van der Waals surface area contributed by atoms with Crippen molar-refractivity contribution in [3.05, 3.63) is 89.7 Å². The van der Waals surface area contributed by atoms with Crippen LogP contribution in [0.2, 0.25) is 0 Å². The molecule has 0 saturated heterocycles. The third-order valence-corrected chi connectivity index (χ3v) is 3.79. The summed E-state index contributed by atoms with van der Waals surface area (Å²) in [7, 11) is 0. The van der Waals surface area contributed by atoms with Gasteiger partial charge in [0.25, 0.3) is 5.91 Å². The number of ether oxygens (including phenoxy) is 2. The standard InChI is InChI=1S/C22H21N3O3/c1-2-27-20-8-10-21(11-9-20)28-16-17-5-3-7-19(13-17)22(26)25-24-15-18-6-4-12-23-14-18/h3-15H,2,16H2,1H3,(H,25,26). The molecule has 2 aromatic carbocycles.